The number of halogens is 2. The Morgan fingerprint density at radius 3 is 2.26 bits per heavy atom. The van der Waals surface area contributed by atoms with Crippen molar-refractivity contribution >= 4 is 29.2 Å². The normalized spacial score (nSPS) is 12.0. The predicted molar refractivity (Wildman–Crippen MR) is 95.1 cm³/mol. The molecule has 0 amide bonds. The molecule has 122 valence electrons. The van der Waals surface area contributed by atoms with Crippen molar-refractivity contribution < 1.29 is 9.53 Å². The highest BCUT2D eigenvalue weighted by Gasteiger charge is 2.09. The van der Waals surface area contributed by atoms with Crippen molar-refractivity contribution in [3.63, 3.8) is 0 Å². The molecule has 4 heteroatoms. The summed E-state index contributed by atoms with van der Waals surface area (Å²) in [6, 6.07) is 16.0. The van der Waals surface area contributed by atoms with Crippen LogP contribution in [0, 0.1) is 0 Å². The Hall–Kier alpha value is -1.51. The summed E-state index contributed by atoms with van der Waals surface area (Å²) < 4.78 is 4.64. The minimum atomic E-state index is -0.162. The highest BCUT2D eigenvalue weighted by Crippen LogP contribution is 2.26. The molecule has 0 saturated heterocycles. The molecule has 2 aromatic rings. The van der Waals surface area contributed by atoms with Gasteiger partial charge in [-0.3, -0.25) is 4.79 Å². The van der Waals surface area contributed by atoms with Crippen molar-refractivity contribution in [2.45, 2.75) is 31.1 Å². The van der Waals surface area contributed by atoms with Crippen molar-refractivity contribution in [1.29, 1.82) is 0 Å². The van der Waals surface area contributed by atoms with Crippen LogP contribution in [0.5, 0.6) is 0 Å². The van der Waals surface area contributed by atoms with Gasteiger partial charge in [0, 0.05) is 11.4 Å². The number of hydrogen-bond acceptors (Lipinski definition) is 2. The van der Waals surface area contributed by atoms with Crippen LogP contribution in [0.25, 0.3) is 0 Å². The van der Waals surface area contributed by atoms with E-state index < -0.39 is 0 Å². The minimum Gasteiger partial charge on any atom is -0.469 e. The van der Waals surface area contributed by atoms with E-state index in [-0.39, 0.29) is 11.3 Å². The summed E-state index contributed by atoms with van der Waals surface area (Å²) >= 11 is 12.4. The fourth-order valence-corrected chi connectivity index (χ4v) is 2.83. The SMILES string of the molecule is COC(=O)CCCc1ccc(C(Cl)Cc2ccc(Cl)cc2)cc1. The molecule has 2 rings (SSSR count). The Labute approximate surface area is 147 Å². The van der Waals surface area contributed by atoms with Gasteiger partial charge in [-0.05, 0) is 48.1 Å². The smallest absolute Gasteiger partial charge is 0.305 e. The van der Waals surface area contributed by atoms with Crippen LogP contribution in [0.15, 0.2) is 48.5 Å². The largest absolute Gasteiger partial charge is 0.469 e. The van der Waals surface area contributed by atoms with E-state index in [1.165, 1.54) is 12.7 Å². The second kappa shape index (κ2) is 8.95. The Bertz CT molecular complexity index is 621. The van der Waals surface area contributed by atoms with E-state index >= 15 is 0 Å². The molecule has 2 aromatic carbocycles. The summed E-state index contributed by atoms with van der Waals surface area (Å²) in [6.07, 6.45) is 2.87. The molecule has 2 nitrogen and oxygen atoms in total. The molecule has 0 spiro atoms. The first-order valence-electron chi connectivity index (χ1n) is 7.62. The van der Waals surface area contributed by atoms with Crippen LogP contribution in [0.3, 0.4) is 0 Å². The second-order valence-electron chi connectivity index (χ2n) is 5.47. The zero-order chi connectivity index (χ0) is 16.7. The molecule has 1 atom stereocenters. The minimum absolute atomic E-state index is 0.0692. The van der Waals surface area contributed by atoms with Gasteiger partial charge in [0.15, 0.2) is 0 Å². The van der Waals surface area contributed by atoms with E-state index in [9.17, 15) is 4.79 Å². The van der Waals surface area contributed by atoms with Crippen molar-refractivity contribution in [2.75, 3.05) is 7.11 Å². The van der Waals surface area contributed by atoms with E-state index in [0.717, 1.165) is 35.4 Å². The first-order chi connectivity index (χ1) is 11.1. The topological polar surface area (TPSA) is 26.3 Å². The standard InChI is InChI=1S/C19H20Cl2O2/c1-23-19(22)4-2-3-14-5-9-16(10-6-14)18(21)13-15-7-11-17(20)12-8-15/h5-12,18H,2-4,13H2,1H3. The van der Waals surface area contributed by atoms with Gasteiger partial charge in [0.05, 0.1) is 12.5 Å². The Morgan fingerprint density at radius 2 is 1.65 bits per heavy atom. The molecule has 0 aromatic heterocycles. The quantitative estimate of drug-likeness (QED) is 0.496. The summed E-state index contributed by atoms with van der Waals surface area (Å²) in [6.45, 7) is 0. The molecular weight excluding hydrogens is 331 g/mol. The van der Waals surface area contributed by atoms with Crippen molar-refractivity contribution in [1.82, 2.24) is 0 Å². The Morgan fingerprint density at radius 1 is 1.04 bits per heavy atom. The number of carbonyl (C=O) groups is 1. The molecule has 0 aliphatic carbocycles. The van der Waals surface area contributed by atoms with Gasteiger partial charge in [0.1, 0.15) is 0 Å². The molecule has 0 fully saturated rings. The molecule has 0 aliphatic heterocycles. The van der Waals surface area contributed by atoms with Gasteiger partial charge in [0.2, 0.25) is 0 Å². The number of alkyl halides is 1. The van der Waals surface area contributed by atoms with Gasteiger partial charge in [-0.15, -0.1) is 11.6 Å². The van der Waals surface area contributed by atoms with Crippen molar-refractivity contribution in [3.8, 4) is 0 Å². The lowest BCUT2D eigenvalue weighted by Crippen LogP contribution is -2.00. The maximum absolute atomic E-state index is 11.1. The van der Waals surface area contributed by atoms with Gasteiger partial charge >= 0.3 is 5.97 Å². The van der Waals surface area contributed by atoms with Gasteiger partial charge < -0.3 is 4.74 Å². The Balaban J connectivity index is 1.88. The van der Waals surface area contributed by atoms with Crippen LogP contribution in [0.4, 0.5) is 0 Å². The Kier molecular flexibility index (Phi) is 6.94. The summed E-state index contributed by atoms with van der Waals surface area (Å²) in [7, 11) is 1.42. The predicted octanol–water partition coefficient (Wildman–Crippen LogP) is 5.36. The lowest BCUT2D eigenvalue weighted by Gasteiger charge is -2.11. The maximum atomic E-state index is 11.1. The number of carbonyl (C=O) groups excluding carboxylic acids is 1. The molecule has 0 saturated carbocycles. The third-order valence-electron chi connectivity index (χ3n) is 3.74. The van der Waals surface area contributed by atoms with E-state index in [1.54, 1.807) is 0 Å². The van der Waals surface area contributed by atoms with E-state index in [4.69, 9.17) is 23.2 Å². The zero-order valence-electron chi connectivity index (χ0n) is 13.1. The third-order valence-corrected chi connectivity index (χ3v) is 4.40. The van der Waals surface area contributed by atoms with Crippen LogP contribution in [-0.2, 0) is 22.4 Å². The van der Waals surface area contributed by atoms with Crippen LogP contribution in [0.1, 0.15) is 34.9 Å². The molecular formula is C19H20Cl2O2. The molecule has 0 heterocycles. The fraction of sp³-hybridized carbons (Fsp3) is 0.316. The lowest BCUT2D eigenvalue weighted by atomic mass is 10.0. The summed E-state index contributed by atoms with van der Waals surface area (Å²) in [5.41, 5.74) is 3.46. The zero-order valence-corrected chi connectivity index (χ0v) is 14.6. The highest BCUT2D eigenvalue weighted by atomic mass is 35.5. The number of aryl methyl sites for hydroxylation is 1. The molecule has 23 heavy (non-hydrogen) atoms. The van der Waals surface area contributed by atoms with Crippen LogP contribution in [0.2, 0.25) is 5.02 Å². The average Bonchev–Trinajstić information content (AvgIpc) is 2.57. The number of esters is 1. The van der Waals surface area contributed by atoms with Crippen molar-refractivity contribution in [3.05, 3.63) is 70.2 Å². The summed E-state index contributed by atoms with van der Waals surface area (Å²) in [4.78, 5) is 11.1. The van der Waals surface area contributed by atoms with Gasteiger partial charge in [-0.2, -0.15) is 0 Å². The number of methoxy groups -OCH3 is 1. The van der Waals surface area contributed by atoms with Crippen LogP contribution in [-0.4, -0.2) is 13.1 Å². The van der Waals surface area contributed by atoms with E-state index in [0.29, 0.717) is 6.42 Å². The average molecular weight is 351 g/mol. The van der Waals surface area contributed by atoms with E-state index in [2.05, 4.69) is 29.0 Å². The molecule has 0 aliphatic rings. The summed E-state index contributed by atoms with van der Waals surface area (Å²) in [5, 5.41) is 0.663. The third kappa shape index (κ3) is 5.89. The molecule has 0 N–H and O–H groups in total. The first kappa shape index (κ1) is 17.8. The van der Waals surface area contributed by atoms with E-state index in [1.807, 2.05) is 24.3 Å². The molecule has 0 bridgehead atoms. The monoisotopic (exact) mass is 350 g/mol. The number of hydrogen-bond donors (Lipinski definition) is 0. The fourth-order valence-electron chi connectivity index (χ4n) is 2.38. The number of benzene rings is 2. The van der Waals surface area contributed by atoms with Gasteiger partial charge in [0.25, 0.3) is 0 Å². The molecule has 0 radical (unpaired) electrons. The van der Waals surface area contributed by atoms with Gasteiger partial charge in [-0.25, -0.2) is 0 Å². The van der Waals surface area contributed by atoms with Crippen LogP contribution >= 0.6 is 23.2 Å². The lowest BCUT2D eigenvalue weighted by molar-refractivity contribution is -0.140. The second-order valence-corrected chi connectivity index (χ2v) is 6.43. The van der Waals surface area contributed by atoms with Crippen LogP contribution < -0.4 is 0 Å². The molecule has 1 unspecified atom stereocenters. The van der Waals surface area contributed by atoms with Crippen molar-refractivity contribution in [2.24, 2.45) is 0 Å². The highest BCUT2D eigenvalue weighted by molar-refractivity contribution is 6.30. The first-order valence-corrected chi connectivity index (χ1v) is 8.44. The number of rotatable bonds is 7. The number of ether oxygens (including phenoxy) is 1. The summed E-state index contributed by atoms with van der Waals surface area (Å²) in [5.74, 6) is -0.162. The maximum Gasteiger partial charge on any atom is 0.305 e. The van der Waals surface area contributed by atoms with Gasteiger partial charge in [-0.1, -0.05) is 48.0 Å².